The van der Waals surface area contributed by atoms with Crippen LogP contribution in [0.3, 0.4) is 0 Å². The lowest BCUT2D eigenvalue weighted by atomic mass is 9.87. The number of piperidine rings is 1. The Bertz CT molecular complexity index is 211. The van der Waals surface area contributed by atoms with E-state index in [0.717, 1.165) is 18.5 Å². The zero-order chi connectivity index (χ0) is 10.9. The van der Waals surface area contributed by atoms with Gasteiger partial charge in [0.15, 0.2) is 0 Å². The Balaban J connectivity index is 2.10. The number of likely N-dealkylation sites (tertiary alicyclic amines) is 1. The summed E-state index contributed by atoms with van der Waals surface area (Å²) in [7, 11) is 0. The molecule has 1 aliphatic carbocycles. The van der Waals surface area contributed by atoms with Crippen LogP contribution in [-0.4, -0.2) is 29.6 Å². The van der Waals surface area contributed by atoms with Crippen LogP contribution < -0.4 is 5.73 Å². The third-order valence-corrected chi connectivity index (χ3v) is 4.77. The second kappa shape index (κ2) is 4.42. The van der Waals surface area contributed by atoms with E-state index in [4.69, 9.17) is 5.73 Å². The second-order valence-electron chi connectivity index (χ2n) is 5.52. The van der Waals surface area contributed by atoms with Crippen LogP contribution in [0.2, 0.25) is 0 Å². The van der Waals surface area contributed by atoms with Crippen molar-refractivity contribution in [1.82, 2.24) is 4.90 Å². The highest BCUT2D eigenvalue weighted by Crippen LogP contribution is 2.43. The van der Waals surface area contributed by atoms with Crippen molar-refractivity contribution in [2.45, 2.75) is 64.0 Å². The molecular formula is C13H26N2. The van der Waals surface area contributed by atoms with Gasteiger partial charge in [0.05, 0.1) is 0 Å². The van der Waals surface area contributed by atoms with E-state index >= 15 is 0 Å². The van der Waals surface area contributed by atoms with E-state index in [1.807, 2.05) is 0 Å². The van der Waals surface area contributed by atoms with Crippen LogP contribution in [0.5, 0.6) is 0 Å². The van der Waals surface area contributed by atoms with Crippen molar-refractivity contribution in [2.24, 2.45) is 11.7 Å². The summed E-state index contributed by atoms with van der Waals surface area (Å²) in [4.78, 5) is 2.77. The molecule has 2 nitrogen and oxygen atoms in total. The summed E-state index contributed by atoms with van der Waals surface area (Å²) < 4.78 is 0. The first-order valence-electron chi connectivity index (χ1n) is 6.72. The normalized spacial score (nSPS) is 34.6. The highest BCUT2D eigenvalue weighted by molar-refractivity contribution is 5.02. The molecule has 3 atom stereocenters. The van der Waals surface area contributed by atoms with Crippen LogP contribution in [0.25, 0.3) is 0 Å². The minimum atomic E-state index is 0.328. The molecule has 2 heteroatoms. The van der Waals surface area contributed by atoms with Crippen LogP contribution in [-0.2, 0) is 0 Å². The molecule has 0 radical (unpaired) electrons. The van der Waals surface area contributed by atoms with Crippen molar-refractivity contribution in [1.29, 1.82) is 0 Å². The number of nitrogens with zero attached hydrogens (tertiary/aromatic N) is 1. The van der Waals surface area contributed by atoms with Crippen LogP contribution in [0.4, 0.5) is 0 Å². The zero-order valence-electron chi connectivity index (χ0n) is 10.3. The minimum absolute atomic E-state index is 0.328. The summed E-state index contributed by atoms with van der Waals surface area (Å²) >= 11 is 0. The molecule has 2 rings (SSSR count). The molecule has 0 aromatic carbocycles. The monoisotopic (exact) mass is 210 g/mol. The molecule has 0 aromatic heterocycles. The standard InChI is InChI=1S/C13H26N2/c1-3-7-13(4-2,10-14)15-9-11-5-6-12(15)8-11/h11-12H,3-10,14H2,1-2H3. The first-order valence-corrected chi connectivity index (χ1v) is 6.72. The van der Waals surface area contributed by atoms with Gasteiger partial charge in [-0.1, -0.05) is 20.3 Å². The topological polar surface area (TPSA) is 29.3 Å². The van der Waals surface area contributed by atoms with Gasteiger partial charge in [-0.3, -0.25) is 4.90 Å². The average Bonchev–Trinajstić information content (AvgIpc) is 2.88. The first kappa shape index (κ1) is 11.4. The summed E-state index contributed by atoms with van der Waals surface area (Å²) in [5.41, 5.74) is 6.40. The Morgan fingerprint density at radius 2 is 2.13 bits per heavy atom. The number of nitrogens with two attached hydrogens (primary N) is 1. The molecule has 3 unspecified atom stereocenters. The van der Waals surface area contributed by atoms with Crippen molar-refractivity contribution in [3.8, 4) is 0 Å². The summed E-state index contributed by atoms with van der Waals surface area (Å²) in [5, 5.41) is 0. The van der Waals surface area contributed by atoms with Crippen molar-refractivity contribution < 1.29 is 0 Å². The molecule has 2 aliphatic rings. The maximum Gasteiger partial charge on any atom is 0.0332 e. The molecule has 1 saturated carbocycles. The molecule has 1 saturated heterocycles. The van der Waals surface area contributed by atoms with E-state index in [-0.39, 0.29) is 0 Å². The van der Waals surface area contributed by atoms with Crippen LogP contribution in [0.1, 0.15) is 52.4 Å². The van der Waals surface area contributed by atoms with E-state index in [0.29, 0.717) is 5.54 Å². The molecule has 0 spiro atoms. The lowest BCUT2D eigenvalue weighted by molar-refractivity contribution is 0.0488. The van der Waals surface area contributed by atoms with Crippen LogP contribution in [0, 0.1) is 5.92 Å². The third kappa shape index (κ3) is 1.83. The molecule has 2 N–H and O–H groups in total. The fraction of sp³-hybridized carbons (Fsp3) is 1.00. The number of hydrogen-bond donors (Lipinski definition) is 1. The Hall–Kier alpha value is -0.0800. The SMILES string of the molecule is CCCC(CC)(CN)N1CC2CCC1C2. The van der Waals surface area contributed by atoms with Crippen molar-refractivity contribution >= 4 is 0 Å². The maximum absolute atomic E-state index is 6.07. The highest BCUT2D eigenvalue weighted by atomic mass is 15.3. The second-order valence-corrected chi connectivity index (χ2v) is 5.52. The Labute approximate surface area is 94.2 Å². The van der Waals surface area contributed by atoms with Gasteiger partial charge in [-0.05, 0) is 38.0 Å². The van der Waals surface area contributed by atoms with Gasteiger partial charge in [0.2, 0.25) is 0 Å². The maximum atomic E-state index is 6.07. The predicted octanol–water partition coefficient (Wildman–Crippen LogP) is 2.38. The summed E-state index contributed by atoms with van der Waals surface area (Å²) in [5.74, 6) is 0.990. The summed E-state index contributed by atoms with van der Waals surface area (Å²) in [6, 6.07) is 0.866. The lowest BCUT2D eigenvalue weighted by Gasteiger charge is -2.45. The molecule has 1 heterocycles. The zero-order valence-corrected chi connectivity index (χ0v) is 10.3. The molecule has 2 fully saturated rings. The summed E-state index contributed by atoms with van der Waals surface area (Å²) in [6.45, 7) is 6.78. The Morgan fingerprint density at radius 1 is 1.33 bits per heavy atom. The molecule has 0 aromatic rings. The van der Waals surface area contributed by atoms with E-state index in [9.17, 15) is 0 Å². The molecule has 0 amide bonds. The number of fused-ring (bicyclic) bond motifs is 2. The summed E-state index contributed by atoms with van der Waals surface area (Å²) in [6.07, 6.45) is 8.11. The van der Waals surface area contributed by atoms with Crippen molar-refractivity contribution in [3.05, 3.63) is 0 Å². The van der Waals surface area contributed by atoms with Crippen LogP contribution >= 0.6 is 0 Å². The largest absolute Gasteiger partial charge is 0.329 e. The Kier molecular flexibility index (Phi) is 3.36. The van der Waals surface area contributed by atoms with Gasteiger partial charge in [0.1, 0.15) is 0 Å². The molecule has 15 heavy (non-hydrogen) atoms. The van der Waals surface area contributed by atoms with Gasteiger partial charge in [-0.15, -0.1) is 0 Å². The molecule has 1 aliphatic heterocycles. The van der Waals surface area contributed by atoms with Gasteiger partial charge in [-0.25, -0.2) is 0 Å². The highest BCUT2D eigenvalue weighted by Gasteiger charge is 2.46. The minimum Gasteiger partial charge on any atom is -0.329 e. The van der Waals surface area contributed by atoms with E-state index in [1.54, 1.807) is 0 Å². The molecule has 2 bridgehead atoms. The predicted molar refractivity (Wildman–Crippen MR) is 64.8 cm³/mol. The van der Waals surface area contributed by atoms with Gasteiger partial charge in [0, 0.05) is 24.7 Å². The third-order valence-electron chi connectivity index (χ3n) is 4.77. The average molecular weight is 210 g/mol. The van der Waals surface area contributed by atoms with Gasteiger partial charge < -0.3 is 5.73 Å². The van der Waals surface area contributed by atoms with E-state index < -0.39 is 0 Å². The van der Waals surface area contributed by atoms with Crippen molar-refractivity contribution in [2.75, 3.05) is 13.1 Å². The van der Waals surface area contributed by atoms with Crippen molar-refractivity contribution in [3.63, 3.8) is 0 Å². The number of hydrogen-bond acceptors (Lipinski definition) is 2. The van der Waals surface area contributed by atoms with Gasteiger partial charge >= 0.3 is 0 Å². The van der Waals surface area contributed by atoms with Gasteiger partial charge in [0.25, 0.3) is 0 Å². The Morgan fingerprint density at radius 3 is 2.53 bits per heavy atom. The fourth-order valence-corrected chi connectivity index (χ4v) is 3.86. The quantitative estimate of drug-likeness (QED) is 0.755. The lowest BCUT2D eigenvalue weighted by Crippen LogP contribution is -2.56. The van der Waals surface area contributed by atoms with E-state index in [1.165, 1.54) is 45.1 Å². The molecule has 88 valence electrons. The first-order chi connectivity index (χ1) is 7.25. The smallest absolute Gasteiger partial charge is 0.0332 e. The van der Waals surface area contributed by atoms with Gasteiger partial charge in [-0.2, -0.15) is 0 Å². The molecular weight excluding hydrogens is 184 g/mol. The van der Waals surface area contributed by atoms with Crippen LogP contribution in [0.15, 0.2) is 0 Å². The fourth-order valence-electron chi connectivity index (χ4n) is 3.86. The number of rotatable bonds is 5. The van der Waals surface area contributed by atoms with E-state index in [2.05, 4.69) is 18.7 Å².